The molecule has 0 atom stereocenters. The molecule has 0 unspecified atom stereocenters. The number of benzene rings is 1. The molecule has 1 heterocycles. The van der Waals surface area contributed by atoms with Crippen LogP contribution in [0.25, 0.3) is 0 Å². The summed E-state index contributed by atoms with van der Waals surface area (Å²) in [5.41, 5.74) is 2.10. The van der Waals surface area contributed by atoms with E-state index in [2.05, 4.69) is 4.98 Å². The first-order valence-corrected chi connectivity index (χ1v) is 5.03. The summed E-state index contributed by atoms with van der Waals surface area (Å²) in [5.74, 6) is 0.396. The molecule has 0 aliphatic rings. The molecule has 16 heavy (non-hydrogen) atoms. The third-order valence-electron chi connectivity index (χ3n) is 2.15. The lowest BCUT2D eigenvalue weighted by molar-refractivity contribution is 0.305. The topological polar surface area (TPSA) is 22.1 Å². The molecular weight excluding hydrogens is 205 g/mol. The predicted octanol–water partition coefficient (Wildman–Crippen LogP) is 3.11. The second-order valence-corrected chi connectivity index (χ2v) is 3.61. The molecule has 1 aromatic heterocycles. The van der Waals surface area contributed by atoms with Gasteiger partial charge in [-0.05, 0) is 42.8 Å². The highest BCUT2D eigenvalue weighted by atomic mass is 19.1. The summed E-state index contributed by atoms with van der Waals surface area (Å²) >= 11 is 0. The van der Waals surface area contributed by atoms with Gasteiger partial charge in [0.25, 0.3) is 0 Å². The van der Waals surface area contributed by atoms with Gasteiger partial charge in [0.15, 0.2) is 0 Å². The zero-order valence-corrected chi connectivity index (χ0v) is 8.98. The van der Waals surface area contributed by atoms with Crippen molar-refractivity contribution < 1.29 is 9.13 Å². The molecule has 2 aromatic rings. The standard InChI is InChI=1S/C13H12FNO/c1-10-6-11(8-15-7-10)9-16-13-4-2-12(14)3-5-13/h2-8H,9H2,1H3. The third-order valence-corrected chi connectivity index (χ3v) is 2.15. The monoisotopic (exact) mass is 217 g/mol. The number of pyridine rings is 1. The summed E-state index contributed by atoms with van der Waals surface area (Å²) < 4.78 is 18.1. The van der Waals surface area contributed by atoms with Crippen molar-refractivity contribution in [3.05, 3.63) is 59.7 Å². The van der Waals surface area contributed by atoms with Gasteiger partial charge >= 0.3 is 0 Å². The van der Waals surface area contributed by atoms with Gasteiger partial charge in [0, 0.05) is 18.0 Å². The van der Waals surface area contributed by atoms with Crippen molar-refractivity contribution in [2.45, 2.75) is 13.5 Å². The number of ether oxygens (including phenoxy) is 1. The van der Waals surface area contributed by atoms with Crippen molar-refractivity contribution in [3.63, 3.8) is 0 Å². The number of halogens is 1. The fraction of sp³-hybridized carbons (Fsp3) is 0.154. The van der Waals surface area contributed by atoms with E-state index >= 15 is 0 Å². The van der Waals surface area contributed by atoms with Crippen LogP contribution in [0.5, 0.6) is 5.75 Å². The highest BCUT2D eigenvalue weighted by Crippen LogP contribution is 2.13. The molecule has 2 nitrogen and oxygen atoms in total. The van der Waals surface area contributed by atoms with Gasteiger partial charge in [0.1, 0.15) is 18.2 Å². The number of aromatic nitrogens is 1. The fourth-order valence-electron chi connectivity index (χ4n) is 1.39. The summed E-state index contributed by atoms with van der Waals surface area (Å²) in [6, 6.07) is 7.99. The van der Waals surface area contributed by atoms with Crippen LogP contribution in [0.4, 0.5) is 4.39 Å². The summed E-state index contributed by atoms with van der Waals surface area (Å²) in [4.78, 5) is 4.07. The first-order valence-electron chi connectivity index (χ1n) is 5.03. The highest BCUT2D eigenvalue weighted by Gasteiger charge is 1.97. The first-order chi connectivity index (χ1) is 7.74. The quantitative estimate of drug-likeness (QED) is 0.788. The lowest BCUT2D eigenvalue weighted by Gasteiger charge is -2.06. The van der Waals surface area contributed by atoms with Gasteiger partial charge in [-0.2, -0.15) is 0 Å². The molecule has 2 rings (SSSR count). The smallest absolute Gasteiger partial charge is 0.123 e. The van der Waals surface area contributed by atoms with E-state index in [0.717, 1.165) is 11.1 Å². The third kappa shape index (κ3) is 2.79. The second-order valence-electron chi connectivity index (χ2n) is 3.61. The lowest BCUT2D eigenvalue weighted by Crippen LogP contribution is -1.96. The fourth-order valence-corrected chi connectivity index (χ4v) is 1.39. The molecule has 0 aliphatic carbocycles. The van der Waals surface area contributed by atoms with Gasteiger partial charge in [0.05, 0.1) is 0 Å². The summed E-state index contributed by atoms with van der Waals surface area (Å²) in [6.07, 6.45) is 3.55. The molecule has 3 heteroatoms. The Morgan fingerprint density at radius 3 is 2.62 bits per heavy atom. The molecule has 0 spiro atoms. The molecule has 0 fully saturated rings. The molecule has 0 N–H and O–H groups in total. The average molecular weight is 217 g/mol. The minimum absolute atomic E-state index is 0.260. The van der Waals surface area contributed by atoms with E-state index in [1.165, 1.54) is 12.1 Å². The van der Waals surface area contributed by atoms with Crippen molar-refractivity contribution in [3.8, 4) is 5.75 Å². The van der Waals surface area contributed by atoms with Crippen LogP contribution in [0, 0.1) is 12.7 Å². The summed E-state index contributed by atoms with van der Waals surface area (Å²) in [7, 11) is 0. The van der Waals surface area contributed by atoms with Crippen LogP contribution in [0.15, 0.2) is 42.7 Å². The number of aryl methyl sites for hydroxylation is 1. The number of rotatable bonds is 3. The van der Waals surface area contributed by atoms with Crippen LogP contribution in [0.2, 0.25) is 0 Å². The van der Waals surface area contributed by atoms with Gasteiger partial charge in [-0.15, -0.1) is 0 Å². The predicted molar refractivity (Wildman–Crippen MR) is 59.7 cm³/mol. The van der Waals surface area contributed by atoms with E-state index < -0.39 is 0 Å². The molecule has 82 valence electrons. The molecule has 0 aliphatic heterocycles. The number of hydrogen-bond acceptors (Lipinski definition) is 2. The first kappa shape index (κ1) is 10.6. The van der Waals surface area contributed by atoms with Gasteiger partial charge < -0.3 is 4.74 Å². The zero-order chi connectivity index (χ0) is 11.4. The summed E-state index contributed by atoms with van der Waals surface area (Å²) in [5, 5.41) is 0. The lowest BCUT2D eigenvalue weighted by atomic mass is 10.2. The maximum Gasteiger partial charge on any atom is 0.123 e. The Kier molecular flexibility index (Phi) is 3.15. The molecule has 0 amide bonds. The molecule has 1 aromatic carbocycles. The Morgan fingerprint density at radius 1 is 1.19 bits per heavy atom. The van der Waals surface area contributed by atoms with Crippen molar-refractivity contribution in [1.82, 2.24) is 4.98 Å². The van der Waals surface area contributed by atoms with Crippen LogP contribution < -0.4 is 4.74 Å². The van der Waals surface area contributed by atoms with Crippen LogP contribution in [0.1, 0.15) is 11.1 Å². The van der Waals surface area contributed by atoms with Gasteiger partial charge in [-0.25, -0.2) is 4.39 Å². The minimum Gasteiger partial charge on any atom is -0.489 e. The highest BCUT2D eigenvalue weighted by molar-refractivity contribution is 5.23. The van der Waals surface area contributed by atoms with E-state index in [0.29, 0.717) is 12.4 Å². The van der Waals surface area contributed by atoms with E-state index in [-0.39, 0.29) is 5.82 Å². The normalized spacial score (nSPS) is 10.1. The van der Waals surface area contributed by atoms with Crippen LogP contribution in [-0.4, -0.2) is 4.98 Å². The van der Waals surface area contributed by atoms with Gasteiger partial charge in [-0.3, -0.25) is 4.98 Å². The Hall–Kier alpha value is -1.90. The van der Waals surface area contributed by atoms with Crippen molar-refractivity contribution >= 4 is 0 Å². The molecule has 0 bridgehead atoms. The van der Waals surface area contributed by atoms with E-state index in [1.807, 2.05) is 13.0 Å². The van der Waals surface area contributed by atoms with Crippen molar-refractivity contribution in [2.75, 3.05) is 0 Å². The number of nitrogens with zero attached hydrogens (tertiary/aromatic N) is 1. The maximum atomic E-state index is 12.6. The van der Waals surface area contributed by atoms with Crippen molar-refractivity contribution in [1.29, 1.82) is 0 Å². The molecule has 0 saturated heterocycles. The average Bonchev–Trinajstić information content (AvgIpc) is 2.28. The number of hydrogen-bond donors (Lipinski definition) is 0. The Balaban J connectivity index is 1.99. The molecular formula is C13H12FNO. The van der Waals surface area contributed by atoms with Gasteiger partial charge in [0.2, 0.25) is 0 Å². The Labute approximate surface area is 93.7 Å². The van der Waals surface area contributed by atoms with E-state index in [4.69, 9.17) is 4.74 Å². The summed E-state index contributed by atoms with van der Waals surface area (Å²) in [6.45, 7) is 2.43. The van der Waals surface area contributed by atoms with E-state index in [1.54, 1.807) is 24.5 Å². The minimum atomic E-state index is -0.260. The largest absolute Gasteiger partial charge is 0.489 e. The molecule has 0 saturated carbocycles. The maximum absolute atomic E-state index is 12.6. The van der Waals surface area contributed by atoms with Crippen molar-refractivity contribution in [2.24, 2.45) is 0 Å². The van der Waals surface area contributed by atoms with Gasteiger partial charge in [-0.1, -0.05) is 0 Å². The Bertz CT molecular complexity index is 468. The van der Waals surface area contributed by atoms with Crippen LogP contribution >= 0.6 is 0 Å². The van der Waals surface area contributed by atoms with E-state index in [9.17, 15) is 4.39 Å². The zero-order valence-electron chi connectivity index (χ0n) is 8.98. The Morgan fingerprint density at radius 2 is 1.94 bits per heavy atom. The second kappa shape index (κ2) is 4.75. The van der Waals surface area contributed by atoms with Crippen LogP contribution in [-0.2, 0) is 6.61 Å². The van der Waals surface area contributed by atoms with Crippen LogP contribution in [0.3, 0.4) is 0 Å². The molecule has 0 radical (unpaired) electrons. The SMILES string of the molecule is Cc1cncc(COc2ccc(F)cc2)c1.